The van der Waals surface area contributed by atoms with Gasteiger partial charge < -0.3 is 9.64 Å². The SMILES string of the molecule is Cc1ccc(C(=O)C(C)Sc2nnc(N3CCOCC3)n2CC(C)C)cc1. The first-order valence-corrected chi connectivity index (χ1v) is 10.4. The number of ether oxygens (including phenoxy) is 1. The maximum absolute atomic E-state index is 12.8. The van der Waals surface area contributed by atoms with Crippen molar-refractivity contribution in [3.05, 3.63) is 35.4 Å². The highest BCUT2D eigenvalue weighted by Gasteiger charge is 2.24. The standard InChI is InChI=1S/C20H28N4O2S/c1-14(2)13-24-19(23-9-11-26-12-10-23)21-22-20(24)27-16(4)18(25)17-7-5-15(3)6-8-17/h5-8,14,16H,9-13H2,1-4H3. The summed E-state index contributed by atoms with van der Waals surface area (Å²) in [5, 5.41) is 9.44. The second kappa shape index (κ2) is 8.89. The summed E-state index contributed by atoms with van der Waals surface area (Å²) < 4.78 is 7.61. The molecule has 1 atom stereocenters. The first kappa shape index (κ1) is 19.9. The van der Waals surface area contributed by atoms with Gasteiger partial charge in [-0.1, -0.05) is 55.4 Å². The van der Waals surface area contributed by atoms with Gasteiger partial charge in [0.05, 0.1) is 18.5 Å². The van der Waals surface area contributed by atoms with E-state index in [1.54, 1.807) is 0 Å². The van der Waals surface area contributed by atoms with Gasteiger partial charge in [0.15, 0.2) is 10.9 Å². The number of carbonyl (C=O) groups excluding carboxylic acids is 1. The van der Waals surface area contributed by atoms with Crippen molar-refractivity contribution in [2.24, 2.45) is 5.92 Å². The molecule has 3 rings (SSSR count). The van der Waals surface area contributed by atoms with Gasteiger partial charge in [-0.05, 0) is 19.8 Å². The van der Waals surface area contributed by atoms with E-state index < -0.39 is 0 Å². The molecule has 0 aliphatic carbocycles. The lowest BCUT2D eigenvalue weighted by molar-refractivity contribution is 0.0994. The van der Waals surface area contributed by atoms with Crippen molar-refractivity contribution in [2.75, 3.05) is 31.2 Å². The molecule has 1 saturated heterocycles. The summed E-state index contributed by atoms with van der Waals surface area (Å²) in [6, 6.07) is 7.74. The summed E-state index contributed by atoms with van der Waals surface area (Å²) in [7, 11) is 0. The Morgan fingerprint density at radius 1 is 1.15 bits per heavy atom. The smallest absolute Gasteiger partial charge is 0.228 e. The minimum atomic E-state index is -0.222. The summed E-state index contributed by atoms with van der Waals surface area (Å²) in [6.07, 6.45) is 0. The molecule has 2 aromatic rings. The average molecular weight is 389 g/mol. The van der Waals surface area contributed by atoms with Crippen LogP contribution >= 0.6 is 11.8 Å². The first-order chi connectivity index (χ1) is 13.0. The van der Waals surface area contributed by atoms with Gasteiger partial charge >= 0.3 is 0 Å². The maximum atomic E-state index is 12.8. The normalized spacial score (nSPS) is 16.0. The van der Waals surface area contributed by atoms with E-state index in [0.29, 0.717) is 19.1 Å². The number of thioether (sulfide) groups is 1. The molecule has 1 aromatic heterocycles. The number of hydrogen-bond donors (Lipinski definition) is 0. The summed E-state index contributed by atoms with van der Waals surface area (Å²) >= 11 is 1.49. The highest BCUT2D eigenvalue weighted by molar-refractivity contribution is 8.00. The zero-order valence-corrected chi connectivity index (χ0v) is 17.3. The summed E-state index contributed by atoms with van der Waals surface area (Å²) in [5.41, 5.74) is 1.89. The molecule has 27 heavy (non-hydrogen) atoms. The lowest BCUT2D eigenvalue weighted by Crippen LogP contribution is -2.38. The first-order valence-electron chi connectivity index (χ1n) is 9.49. The Morgan fingerprint density at radius 3 is 2.44 bits per heavy atom. The maximum Gasteiger partial charge on any atom is 0.228 e. The minimum absolute atomic E-state index is 0.118. The van der Waals surface area contributed by atoms with Crippen LogP contribution in [-0.4, -0.2) is 52.1 Å². The van der Waals surface area contributed by atoms with E-state index in [2.05, 4.69) is 33.5 Å². The Balaban J connectivity index is 1.79. The molecular formula is C20H28N4O2S. The fourth-order valence-corrected chi connectivity index (χ4v) is 3.99. The van der Waals surface area contributed by atoms with E-state index in [0.717, 1.165) is 41.9 Å². The van der Waals surface area contributed by atoms with E-state index in [1.807, 2.05) is 38.1 Å². The van der Waals surface area contributed by atoms with Crippen molar-refractivity contribution < 1.29 is 9.53 Å². The number of rotatable bonds is 7. The van der Waals surface area contributed by atoms with Crippen LogP contribution in [0.5, 0.6) is 0 Å². The Hall–Kier alpha value is -1.86. The fraction of sp³-hybridized carbons (Fsp3) is 0.550. The molecule has 0 saturated carbocycles. The lowest BCUT2D eigenvalue weighted by Gasteiger charge is -2.28. The number of benzene rings is 1. The number of nitrogens with zero attached hydrogens (tertiary/aromatic N) is 4. The molecule has 0 radical (unpaired) electrons. The van der Waals surface area contributed by atoms with Gasteiger partial charge in [-0.2, -0.15) is 0 Å². The van der Waals surface area contributed by atoms with Crippen molar-refractivity contribution in [1.29, 1.82) is 0 Å². The van der Waals surface area contributed by atoms with Crippen LogP contribution in [0.1, 0.15) is 36.7 Å². The molecule has 6 nitrogen and oxygen atoms in total. The molecule has 0 N–H and O–H groups in total. The quantitative estimate of drug-likeness (QED) is 0.535. The zero-order chi connectivity index (χ0) is 19.4. The van der Waals surface area contributed by atoms with Gasteiger partial charge in [-0.3, -0.25) is 9.36 Å². The van der Waals surface area contributed by atoms with Crippen LogP contribution in [-0.2, 0) is 11.3 Å². The molecule has 0 amide bonds. The van der Waals surface area contributed by atoms with Crippen LogP contribution in [0, 0.1) is 12.8 Å². The third-order valence-corrected chi connectivity index (χ3v) is 5.61. The van der Waals surface area contributed by atoms with Crippen molar-refractivity contribution in [1.82, 2.24) is 14.8 Å². The molecule has 1 fully saturated rings. The summed E-state index contributed by atoms with van der Waals surface area (Å²) in [5.74, 6) is 1.46. The van der Waals surface area contributed by atoms with Crippen LogP contribution in [0.25, 0.3) is 0 Å². The summed E-state index contributed by atoms with van der Waals surface area (Å²) in [4.78, 5) is 15.0. The Bertz CT molecular complexity index is 767. The van der Waals surface area contributed by atoms with Gasteiger partial charge in [-0.15, -0.1) is 10.2 Å². The topological polar surface area (TPSA) is 60.3 Å². The van der Waals surface area contributed by atoms with Gasteiger partial charge in [0.1, 0.15) is 0 Å². The summed E-state index contributed by atoms with van der Waals surface area (Å²) in [6.45, 7) is 12.2. The highest BCUT2D eigenvalue weighted by atomic mass is 32.2. The number of ketones is 1. The highest BCUT2D eigenvalue weighted by Crippen LogP contribution is 2.28. The molecular weight excluding hydrogens is 360 g/mol. The lowest BCUT2D eigenvalue weighted by atomic mass is 10.1. The van der Waals surface area contributed by atoms with E-state index in [-0.39, 0.29) is 11.0 Å². The fourth-order valence-electron chi connectivity index (χ4n) is 3.05. The molecule has 0 spiro atoms. The molecule has 2 heterocycles. The van der Waals surface area contributed by atoms with Crippen LogP contribution in [0.3, 0.4) is 0 Å². The number of aryl methyl sites for hydroxylation is 1. The number of aromatic nitrogens is 3. The van der Waals surface area contributed by atoms with Gasteiger partial charge in [0.25, 0.3) is 0 Å². The zero-order valence-electron chi connectivity index (χ0n) is 16.5. The largest absolute Gasteiger partial charge is 0.378 e. The Kier molecular flexibility index (Phi) is 6.55. The number of morpholine rings is 1. The second-order valence-corrected chi connectivity index (χ2v) is 8.68. The van der Waals surface area contributed by atoms with E-state index in [4.69, 9.17) is 4.74 Å². The number of anilines is 1. The van der Waals surface area contributed by atoms with Crippen molar-refractivity contribution in [3.63, 3.8) is 0 Å². The van der Waals surface area contributed by atoms with Gasteiger partial charge in [0, 0.05) is 25.2 Å². The van der Waals surface area contributed by atoms with Crippen LogP contribution in [0.2, 0.25) is 0 Å². The predicted molar refractivity (Wildman–Crippen MR) is 109 cm³/mol. The molecule has 1 aromatic carbocycles. The average Bonchev–Trinajstić information content (AvgIpc) is 3.04. The second-order valence-electron chi connectivity index (χ2n) is 7.38. The molecule has 1 aliphatic heterocycles. The number of carbonyl (C=O) groups is 1. The number of hydrogen-bond acceptors (Lipinski definition) is 6. The van der Waals surface area contributed by atoms with E-state index in [1.165, 1.54) is 11.8 Å². The van der Waals surface area contributed by atoms with Crippen molar-refractivity contribution in [3.8, 4) is 0 Å². The Labute approximate surface area is 165 Å². The van der Waals surface area contributed by atoms with Crippen molar-refractivity contribution in [2.45, 2.75) is 44.6 Å². The Morgan fingerprint density at radius 2 is 1.81 bits per heavy atom. The van der Waals surface area contributed by atoms with Crippen LogP contribution < -0.4 is 4.90 Å². The van der Waals surface area contributed by atoms with Crippen LogP contribution in [0.15, 0.2) is 29.4 Å². The van der Waals surface area contributed by atoms with E-state index in [9.17, 15) is 4.79 Å². The van der Waals surface area contributed by atoms with Crippen molar-refractivity contribution >= 4 is 23.5 Å². The minimum Gasteiger partial charge on any atom is -0.378 e. The van der Waals surface area contributed by atoms with E-state index >= 15 is 0 Å². The van der Waals surface area contributed by atoms with Gasteiger partial charge in [0.2, 0.25) is 5.95 Å². The number of Topliss-reactive ketones (excluding diaryl/α,β-unsaturated/α-hetero) is 1. The third kappa shape index (κ3) is 4.90. The monoisotopic (exact) mass is 388 g/mol. The predicted octanol–water partition coefficient (Wildman–Crippen LogP) is 3.44. The van der Waals surface area contributed by atoms with Gasteiger partial charge in [-0.25, -0.2) is 0 Å². The molecule has 7 heteroatoms. The van der Waals surface area contributed by atoms with Crippen LogP contribution in [0.4, 0.5) is 5.95 Å². The molecule has 1 unspecified atom stereocenters. The third-order valence-electron chi connectivity index (χ3n) is 4.53. The molecule has 1 aliphatic rings. The molecule has 0 bridgehead atoms. The molecule has 146 valence electrons.